The van der Waals surface area contributed by atoms with Crippen molar-refractivity contribution in [2.24, 2.45) is 7.05 Å². The van der Waals surface area contributed by atoms with Gasteiger partial charge in [-0.2, -0.15) is 0 Å². The molecule has 1 aromatic heterocycles. The Labute approximate surface area is 126 Å². The predicted molar refractivity (Wildman–Crippen MR) is 86.3 cm³/mol. The zero-order chi connectivity index (χ0) is 14.5. The number of aromatic nitrogens is 2. The summed E-state index contributed by atoms with van der Waals surface area (Å²) >= 11 is 0. The zero-order valence-corrected chi connectivity index (χ0v) is 12.8. The third kappa shape index (κ3) is 3.64. The van der Waals surface area contributed by atoms with Crippen LogP contribution in [-0.4, -0.2) is 22.6 Å². The largest absolute Gasteiger partial charge is 0.372 e. The molecule has 112 valence electrons. The highest BCUT2D eigenvalue weighted by Gasteiger charge is 2.10. The van der Waals surface area contributed by atoms with Crippen LogP contribution >= 0.6 is 0 Å². The summed E-state index contributed by atoms with van der Waals surface area (Å²) in [7, 11) is 2.03. The second-order valence-corrected chi connectivity index (χ2v) is 5.77. The molecule has 0 radical (unpaired) electrons. The molecule has 2 aromatic rings. The number of hydrogen-bond acceptors (Lipinski definition) is 3. The first-order valence-corrected chi connectivity index (χ1v) is 7.84. The first kappa shape index (κ1) is 14.1. The van der Waals surface area contributed by atoms with Crippen molar-refractivity contribution in [2.75, 3.05) is 18.0 Å². The van der Waals surface area contributed by atoms with Gasteiger partial charge in [-0.3, -0.25) is 0 Å². The first-order valence-electron chi connectivity index (χ1n) is 7.84. The van der Waals surface area contributed by atoms with Crippen LogP contribution < -0.4 is 10.2 Å². The lowest BCUT2D eigenvalue weighted by atomic mass is 10.1. The fourth-order valence-corrected chi connectivity index (χ4v) is 2.86. The number of benzene rings is 1. The predicted octanol–water partition coefficient (Wildman–Crippen LogP) is 2.70. The molecule has 0 spiro atoms. The SMILES string of the molecule is Cn1ccnc1CNCc1ccc(N2CCCCC2)cc1. The molecular formula is C17H24N4. The molecular weight excluding hydrogens is 260 g/mol. The fourth-order valence-electron chi connectivity index (χ4n) is 2.86. The maximum absolute atomic E-state index is 4.32. The molecule has 1 aliphatic heterocycles. The molecule has 1 aromatic carbocycles. The van der Waals surface area contributed by atoms with Crippen molar-refractivity contribution in [3.63, 3.8) is 0 Å². The molecule has 4 heteroatoms. The molecule has 0 unspecified atom stereocenters. The quantitative estimate of drug-likeness (QED) is 0.916. The Balaban J connectivity index is 1.51. The van der Waals surface area contributed by atoms with E-state index >= 15 is 0 Å². The van der Waals surface area contributed by atoms with Gasteiger partial charge in [-0.15, -0.1) is 0 Å². The number of aryl methyl sites for hydroxylation is 1. The van der Waals surface area contributed by atoms with Crippen molar-refractivity contribution in [1.82, 2.24) is 14.9 Å². The van der Waals surface area contributed by atoms with Gasteiger partial charge in [0.2, 0.25) is 0 Å². The molecule has 1 saturated heterocycles. The van der Waals surface area contributed by atoms with E-state index in [1.165, 1.54) is 43.6 Å². The van der Waals surface area contributed by atoms with Crippen LogP contribution in [0.4, 0.5) is 5.69 Å². The lowest BCUT2D eigenvalue weighted by Gasteiger charge is -2.28. The Hall–Kier alpha value is -1.81. The van der Waals surface area contributed by atoms with Gasteiger partial charge in [0.05, 0.1) is 6.54 Å². The Morgan fingerprint density at radius 3 is 2.48 bits per heavy atom. The van der Waals surface area contributed by atoms with E-state index in [4.69, 9.17) is 0 Å². The molecule has 2 heterocycles. The summed E-state index contributed by atoms with van der Waals surface area (Å²) in [6.45, 7) is 4.10. The second kappa shape index (κ2) is 6.76. The Kier molecular flexibility index (Phi) is 4.55. The summed E-state index contributed by atoms with van der Waals surface area (Å²) in [5.74, 6) is 1.07. The van der Waals surface area contributed by atoms with Crippen molar-refractivity contribution in [1.29, 1.82) is 0 Å². The molecule has 21 heavy (non-hydrogen) atoms. The van der Waals surface area contributed by atoms with Gasteiger partial charge in [0.1, 0.15) is 5.82 Å². The van der Waals surface area contributed by atoms with Crippen molar-refractivity contribution in [3.05, 3.63) is 48.0 Å². The molecule has 0 atom stereocenters. The van der Waals surface area contributed by atoms with Gasteiger partial charge >= 0.3 is 0 Å². The summed E-state index contributed by atoms with van der Waals surface area (Å²) in [5, 5.41) is 3.45. The number of nitrogens with zero attached hydrogens (tertiary/aromatic N) is 3. The highest BCUT2D eigenvalue weighted by Crippen LogP contribution is 2.20. The molecule has 0 amide bonds. The average molecular weight is 284 g/mol. The Morgan fingerprint density at radius 1 is 1.05 bits per heavy atom. The van der Waals surface area contributed by atoms with Gasteiger partial charge in [-0.1, -0.05) is 12.1 Å². The van der Waals surface area contributed by atoms with E-state index in [1.54, 1.807) is 0 Å². The van der Waals surface area contributed by atoms with Gasteiger partial charge in [0, 0.05) is 44.8 Å². The summed E-state index contributed by atoms with van der Waals surface area (Å²) < 4.78 is 2.05. The van der Waals surface area contributed by atoms with Crippen LogP contribution in [0.5, 0.6) is 0 Å². The number of piperidine rings is 1. The maximum Gasteiger partial charge on any atom is 0.122 e. The van der Waals surface area contributed by atoms with Crippen molar-refractivity contribution >= 4 is 5.69 Å². The zero-order valence-electron chi connectivity index (χ0n) is 12.8. The van der Waals surface area contributed by atoms with E-state index in [0.717, 1.165) is 18.9 Å². The summed E-state index contributed by atoms with van der Waals surface area (Å²) in [6, 6.07) is 8.97. The minimum absolute atomic E-state index is 0.803. The number of anilines is 1. The minimum atomic E-state index is 0.803. The number of rotatable bonds is 5. The molecule has 1 aliphatic rings. The lowest BCUT2D eigenvalue weighted by Crippen LogP contribution is -2.29. The molecule has 0 aliphatic carbocycles. The highest BCUT2D eigenvalue weighted by atomic mass is 15.1. The van der Waals surface area contributed by atoms with Crippen LogP contribution in [0.25, 0.3) is 0 Å². The average Bonchev–Trinajstić information content (AvgIpc) is 2.94. The van der Waals surface area contributed by atoms with Gasteiger partial charge in [-0.25, -0.2) is 4.98 Å². The van der Waals surface area contributed by atoms with E-state index in [2.05, 4.69) is 39.5 Å². The molecule has 1 N–H and O–H groups in total. The standard InChI is InChI=1S/C17H24N4/c1-20-12-9-19-17(20)14-18-13-15-5-7-16(8-6-15)21-10-3-2-4-11-21/h5-9,12,18H,2-4,10-11,13-14H2,1H3. The van der Waals surface area contributed by atoms with E-state index in [9.17, 15) is 0 Å². The maximum atomic E-state index is 4.32. The molecule has 0 saturated carbocycles. The van der Waals surface area contributed by atoms with Crippen LogP contribution in [0.3, 0.4) is 0 Å². The number of nitrogens with one attached hydrogen (secondary N) is 1. The normalized spacial score (nSPS) is 15.4. The molecule has 4 nitrogen and oxygen atoms in total. The molecule has 0 bridgehead atoms. The summed E-state index contributed by atoms with van der Waals surface area (Å²) in [4.78, 5) is 6.81. The minimum Gasteiger partial charge on any atom is -0.372 e. The van der Waals surface area contributed by atoms with Crippen LogP contribution in [0.2, 0.25) is 0 Å². The van der Waals surface area contributed by atoms with Gasteiger partial charge in [0.15, 0.2) is 0 Å². The highest BCUT2D eigenvalue weighted by molar-refractivity contribution is 5.47. The smallest absolute Gasteiger partial charge is 0.122 e. The van der Waals surface area contributed by atoms with Gasteiger partial charge < -0.3 is 14.8 Å². The molecule has 1 fully saturated rings. The van der Waals surface area contributed by atoms with Gasteiger partial charge in [-0.05, 0) is 37.0 Å². The van der Waals surface area contributed by atoms with Crippen LogP contribution in [0, 0.1) is 0 Å². The van der Waals surface area contributed by atoms with Gasteiger partial charge in [0.25, 0.3) is 0 Å². The third-order valence-electron chi connectivity index (χ3n) is 4.19. The van der Waals surface area contributed by atoms with E-state index in [0.29, 0.717) is 0 Å². The first-order chi connectivity index (χ1) is 10.3. The van der Waals surface area contributed by atoms with E-state index < -0.39 is 0 Å². The van der Waals surface area contributed by atoms with Crippen molar-refractivity contribution in [3.8, 4) is 0 Å². The number of imidazole rings is 1. The van der Waals surface area contributed by atoms with E-state index in [-0.39, 0.29) is 0 Å². The summed E-state index contributed by atoms with van der Waals surface area (Å²) in [6.07, 6.45) is 7.85. The lowest BCUT2D eigenvalue weighted by molar-refractivity contribution is 0.577. The van der Waals surface area contributed by atoms with Crippen LogP contribution in [-0.2, 0) is 20.1 Å². The second-order valence-electron chi connectivity index (χ2n) is 5.77. The van der Waals surface area contributed by atoms with Crippen molar-refractivity contribution in [2.45, 2.75) is 32.4 Å². The fraction of sp³-hybridized carbons (Fsp3) is 0.471. The third-order valence-corrected chi connectivity index (χ3v) is 4.19. The molecule has 3 rings (SSSR count). The topological polar surface area (TPSA) is 33.1 Å². The monoisotopic (exact) mass is 284 g/mol. The van der Waals surface area contributed by atoms with Crippen LogP contribution in [0.1, 0.15) is 30.7 Å². The van der Waals surface area contributed by atoms with E-state index in [1.807, 2.05) is 24.0 Å². The number of hydrogen-bond donors (Lipinski definition) is 1. The van der Waals surface area contributed by atoms with Crippen LogP contribution in [0.15, 0.2) is 36.7 Å². The van der Waals surface area contributed by atoms with Crippen molar-refractivity contribution < 1.29 is 0 Å². The Bertz CT molecular complexity index is 552. The Morgan fingerprint density at radius 2 is 1.81 bits per heavy atom. The summed E-state index contributed by atoms with van der Waals surface area (Å²) in [5.41, 5.74) is 2.69.